The second kappa shape index (κ2) is 5.40. The van der Waals surface area contributed by atoms with Crippen LogP contribution in [0.25, 0.3) is 0 Å². The minimum absolute atomic E-state index is 0.0224. The van der Waals surface area contributed by atoms with Gasteiger partial charge in [0.05, 0.1) is 6.04 Å². The second-order valence-electron chi connectivity index (χ2n) is 4.30. The van der Waals surface area contributed by atoms with Gasteiger partial charge in [-0.15, -0.1) is 0 Å². The number of nitrogens with zero attached hydrogens (tertiary/aromatic N) is 1. The third-order valence-electron chi connectivity index (χ3n) is 2.95. The summed E-state index contributed by atoms with van der Waals surface area (Å²) in [4.78, 5) is 24.9. The largest absolute Gasteiger partial charge is 0.351 e. The van der Waals surface area contributed by atoms with Gasteiger partial charge in [-0.1, -0.05) is 18.5 Å². The number of hydrogen-bond donors (Lipinski definition) is 1. The zero-order chi connectivity index (χ0) is 13.1. The van der Waals surface area contributed by atoms with Crippen LogP contribution in [0.15, 0.2) is 24.3 Å². The van der Waals surface area contributed by atoms with Crippen molar-refractivity contribution in [3.63, 3.8) is 0 Å². The zero-order valence-electron chi connectivity index (χ0n) is 10.1. The van der Waals surface area contributed by atoms with Gasteiger partial charge in [-0.25, -0.2) is 0 Å². The van der Waals surface area contributed by atoms with E-state index in [0.717, 1.165) is 5.69 Å². The molecule has 0 saturated carbocycles. The Bertz CT molecular complexity index is 459. The Labute approximate surface area is 111 Å². The van der Waals surface area contributed by atoms with Crippen molar-refractivity contribution in [2.24, 2.45) is 0 Å². The smallest absolute Gasteiger partial charge is 0.229 e. The summed E-state index contributed by atoms with van der Waals surface area (Å²) in [6.45, 7) is 2.31. The fraction of sp³-hybridized carbons (Fsp3) is 0.385. The molecular weight excluding hydrogens is 252 g/mol. The molecule has 4 nitrogen and oxygen atoms in total. The van der Waals surface area contributed by atoms with E-state index in [-0.39, 0.29) is 17.9 Å². The molecule has 0 spiro atoms. The van der Waals surface area contributed by atoms with E-state index in [4.69, 9.17) is 11.6 Å². The van der Waals surface area contributed by atoms with Gasteiger partial charge in [0.25, 0.3) is 0 Å². The summed E-state index contributed by atoms with van der Waals surface area (Å²) < 4.78 is 0. The quantitative estimate of drug-likeness (QED) is 0.909. The highest BCUT2D eigenvalue weighted by Crippen LogP contribution is 2.23. The first-order chi connectivity index (χ1) is 8.60. The number of carbonyl (C=O) groups is 2. The SMILES string of the molecule is CCC(=O)N[C@H]1CC(=O)N(c2ccc(Cl)cc2)C1. The highest BCUT2D eigenvalue weighted by Gasteiger charge is 2.31. The number of benzene rings is 1. The van der Waals surface area contributed by atoms with Crippen molar-refractivity contribution in [2.45, 2.75) is 25.8 Å². The fourth-order valence-electron chi connectivity index (χ4n) is 2.00. The lowest BCUT2D eigenvalue weighted by molar-refractivity contribution is -0.121. The van der Waals surface area contributed by atoms with E-state index in [1.165, 1.54) is 0 Å². The lowest BCUT2D eigenvalue weighted by atomic mass is 10.2. The number of halogens is 1. The third-order valence-corrected chi connectivity index (χ3v) is 3.20. The molecular formula is C13H15ClN2O2. The van der Waals surface area contributed by atoms with Crippen LogP contribution in [0, 0.1) is 0 Å². The number of amides is 2. The molecule has 0 unspecified atom stereocenters. The Morgan fingerprint density at radius 2 is 2.11 bits per heavy atom. The number of carbonyl (C=O) groups excluding carboxylic acids is 2. The van der Waals surface area contributed by atoms with E-state index < -0.39 is 0 Å². The molecule has 1 aromatic rings. The van der Waals surface area contributed by atoms with Crippen molar-refractivity contribution < 1.29 is 9.59 Å². The van der Waals surface area contributed by atoms with Gasteiger partial charge in [-0.05, 0) is 24.3 Å². The standard InChI is InChI=1S/C13H15ClN2O2/c1-2-12(17)15-10-7-13(18)16(8-10)11-5-3-9(14)4-6-11/h3-6,10H,2,7-8H2,1H3,(H,15,17)/t10-/m0/s1. The molecule has 1 saturated heterocycles. The van der Waals surface area contributed by atoms with E-state index in [1.807, 2.05) is 12.1 Å². The second-order valence-corrected chi connectivity index (χ2v) is 4.74. The van der Waals surface area contributed by atoms with Crippen molar-refractivity contribution in [2.75, 3.05) is 11.4 Å². The Hall–Kier alpha value is -1.55. The first-order valence-corrected chi connectivity index (χ1v) is 6.33. The molecule has 1 aliphatic heterocycles. The molecule has 0 aromatic heterocycles. The van der Waals surface area contributed by atoms with Gasteiger partial charge in [0.2, 0.25) is 11.8 Å². The Balaban J connectivity index is 2.05. The topological polar surface area (TPSA) is 49.4 Å². The summed E-state index contributed by atoms with van der Waals surface area (Å²) >= 11 is 5.81. The molecule has 0 bridgehead atoms. The maximum Gasteiger partial charge on any atom is 0.229 e. The van der Waals surface area contributed by atoms with Gasteiger partial charge in [-0.2, -0.15) is 0 Å². The van der Waals surface area contributed by atoms with Gasteiger partial charge in [0.1, 0.15) is 0 Å². The molecule has 1 fully saturated rings. The van der Waals surface area contributed by atoms with Crippen LogP contribution in [0.3, 0.4) is 0 Å². The van der Waals surface area contributed by atoms with Crippen LogP contribution in [0.5, 0.6) is 0 Å². The summed E-state index contributed by atoms with van der Waals surface area (Å²) in [6.07, 6.45) is 0.792. The Kier molecular flexibility index (Phi) is 3.87. The average molecular weight is 267 g/mol. The molecule has 0 aliphatic carbocycles. The van der Waals surface area contributed by atoms with Crippen molar-refractivity contribution in [3.05, 3.63) is 29.3 Å². The van der Waals surface area contributed by atoms with Crippen LogP contribution in [0.1, 0.15) is 19.8 Å². The molecule has 2 amide bonds. The first kappa shape index (κ1) is 12.9. The first-order valence-electron chi connectivity index (χ1n) is 5.95. The highest BCUT2D eigenvalue weighted by atomic mass is 35.5. The predicted molar refractivity (Wildman–Crippen MR) is 70.6 cm³/mol. The van der Waals surface area contributed by atoms with Gasteiger partial charge in [0.15, 0.2) is 0 Å². The van der Waals surface area contributed by atoms with Gasteiger partial charge >= 0.3 is 0 Å². The van der Waals surface area contributed by atoms with E-state index in [9.17, 15) is 9.59 Å². The molecule has 1 aromatic carbocycles. The van der Waals surface area contributed by atoms with Crippen molar-refractivity contribution in [3.8, 4) is 0 Å². The fourth-order valence-corrected chi connectivity index (χ4v) is 2.13. The normalized spacial score (nSPS) is 19.1. The van der Waals surface area contributed by atoms with Crippen LogP contribution in [0.2, 0.25) is 5.02 Å². The number of rotatable bonds is 3. The lowest BCUT2D eigenvalue weighted by Gasteiger charge is -2.17. The van der Waals surface area contributed by atoms with Gasteiger partial charge < -0.3 is 10.2 Å². The predicted octanol–water partition coefficient (Wildman–Crippen LogP) is 1.97. The zero-order valence-corrected chi connectivity index (χ0v) is 10.9. The molecule has 96 valence electrons. The van der Waals surface area contributed by atoms with Crippen LogP contribution in [-0.4, -0.2) is 24.4 Å². The summed E-state index contributed by atoms with van der Waals surface area (Å²) in [5.41, 5.74) is 0.817. The minimum atomic E-state index is -0.0966. The molecule has 1 N–H and O–H groups in total. The summed E-state index contributed by atoms with van der Waals surface area (Å²) in [5, 5.41) is 3.48. The summed E-state index contributed by atoms with van der Waals surface area (Å²) in [7, 11) is 0. The van der Waals surface area contributed by atoms with E-state index in [1.54, 1.807) is 24.0 Å². The molecule has 0 radical (unpaired) electrons. The molecule has 2 rings (SSSR count). The molecule has 1 aliphatic rings. The molecule has 18 heavy (non-hydrogen) atoms. The van der Waals surface area contributed by atoms with Gasteiger partial charge in [0, 0.05) is 30.1 Å². The summed E-state index contributed by atoms with van der Waals surface area (Å²) in [6, 6.07) is 7.03. The van der Waals surface area contributed by atoms with Crippen molar-refractivity contribution in [1.82, 2.24) is 5.32 Å². The van der Waals surface area contributed by atoms with Crippen LogP contribution >= 0.6 is 11.6 Å². The summed E-state index contributed by atoms with van der Waals surface area (Å²) in [5.74, 6) is 0.00415. The number of hydrogen-bond acceptors (Lipinski definition) is 2. The Morgan fingerprint density at radius 1 is 1.44 bits per heavy atom. The third kappa shape index (κ3) is 2.82. The molecule has 1 atom stereocenters. The minimum Gasteiger partial charge on any atom is -0.351 e. The van der Waals surface area contributed by atoms with Crippen LogP contribution < -0.4 is 10.2 Å². The van der Waals surface area contributed by atoms with E-state index >= 15 is 0 Å². The Morgan fingerprint density at radius 3 is 2.72 bits per heavy atom. The molecule has 1 heterocycles. The maximum atomic E-state index is 11.9. The highest BCUT2D eigenvalue weighted by molar-refractivity contribution is 6.30. The van der Waals surface area contributed by atoms with Crippen LogP contribution in [0.4, 0.5) is 5.69 Å². The number of nitrogens with one attached hydrogen (secondary N) is 1. The molecule has 5 heteroatoms. The van der Waals surface area contributed by atoms with E-state index in [0.29, 0.717) is 24.4 Å². The van der Waals surface area contributed by atoms with Crippen molar-refractivity contribution >= 4 is 29.1 Å². The number of anilines is 1. The van der Waals surface area contributed by atoms with Crippen molar-refractivity contribution in [1.29, 1.82) is 0 Å². The van der Waals surface area contributed by atoms with Crippen LogP contribution in [-0.2, 0) is 9.59 Å². The lowest BCUT2D eigenvalue weighted by Crippen LogP contribution is -2.36. The average Bonchev–Trinajstić information content (AvgIpc) is 2.71. The maximum absolute atomic E-state index is 11.9. The van der Waals surface area contributed by atoms with E-state index in [2.05, 4.69) is 5.32 Å². The monoisotopic (exact) mass is 266 g/mol. The van der Waals surface area contributed by atoms with Gasteiger partial charge in [-0.3, -0.25) is 9.59 Å².